The lowest BCUT2D eigenvalue weighted by atomic mass is 9.96. The highest BCUT2D eigenvalue weighted by Gasteiger charge is 2.14. The average Bonchev–Trinajstić information content (AvgIpc) is 3.25. The molecule has 1 aliphatic rings. The maximum atomic E-state index is 4.73. The number of halogens is 1. The second-order valence-electron chi connectivity index (χ2n) is 5.79. The molecule has 0 saturated carbocycles. The van der Waals surface area contributed by atoms with Gasteiger partial charge in [-0.3, -0.25) is 9.98 Å². The Hall–Kier alpha value is -2.40. The van der Waals surface area contributed by atoms with Gasteiger partial charge in [0, 0.05) is 30.2 Å². The van der Waals surface area contributed by atoms with E-state index in [-0.39, 0.29) is 0 Å². The molecule has 24 heavy (non-hydrogen) atoms. The lowest BCUT2D eigenvalue weighted by Gasteiger charge is -2.16. The van der Waals surface area contributed by atoms with Crippen LogP contribution in [0.5, 0.6) is 0 Å². The van der Waals surface area contributed by atoms with Crippen molar-refractivity contribution in [2.24, 2.45) is 4.99 Å². The predicted molar refractivity (Wildman–Crippen MR) is 101 cm³/mol. The molecule has 0 saturated heterocycles. The maximum absolute atomic E-state index is 4.73. The van der Waals surface area contributed by atoms with Crippen LogP contribution in [0.4, 0.5) is 0 Å². The molecule has 4 heterocycles. The summed E-state index contributed by atoms with van der Waals surface area (Å²) in [5.74, 6) is 0. The van der Waals surface area contributed by atoms with Crippen LogP contribution < -0.4 is 0 Å². The molecule has 1 aliphatic heterocycles. The molecule has 0 unspecified atom stereocenters. The monoisotopic (exact) mass is 380 g/mol. The van der Waals surface area contributed by atoms with E-state index in [1.54, 1.807) is 6.20 Å². The second-order valence-corrected chi connectivity index (χ2v) is 6.65. The molecule has 0 amide bonds. The molecule has 120 valence electrons. The number of allylic oxidation sites excluding steroid dienone is 1. The van der Waals surface area contributed by atoms with Crippen molar-refractivity contribution < 1.29 is 0 Å². The summed E-state index contributed by atoms with van der Waals surface area (Å²) < 4.78 is 0.977. The van der Waals surface area contributed by atoms with Crippen LogP contribution in [0.1, 0.15) is 24.1 Å². The first-order valence-corrected chi connectivity index (χ1v) is 8.78. The lowest BCUT2D eigenvalue weighted by molar-refractivity contribution is 0.818. The molecular weight excluding hydrogens is 364 g/mol. The Bertz CT molecular complexity index is 902. The first-order valence-electron chi connectivity index (χ1n) is 7.99. The van der Waals surface area contributed by atoms with E-state index in [4.69, 9.17) is 4.99 Å². The van der Waals surface area contributed by atoms with E-state index in [9.17, 15) is 0 Å². The van der Waals surface area contributed by atoms with Gasteiger partial charge in [-0.15, -0.1) is 0 Å². The Morgan fingerprint density at radius 2 is 1.92 bits per heavy atom. The SMILES string of the molecule is Brc1ccc(-c2ccc(/C=C3\CCCN=C3c3cccnc3)[nH]2)[nH]1. The van der Waals surface area contributed by atoms with Crippen LogP contribution in [0.15, 0.2) is 64.0 Å². The molecule has 3 aromatic heterocycles. The molecular formula is C19H17BrN4. The van der Waals surface area contributed by atoms with Crippen molar-refractivity contribution in [3.63, 3.8) is 0 Å². The quantitative estimate of drug-likeness (QED) is 0.671. The summed E-state index contributed by atoms with van der Waals surface area (Å²) in [6, 6.07) is 12.3. The second kappa shape index (κ2) is 6.61. The number of aromatic nitrogens is 3. The van der Waals surface area contributed by atoms with E-state index >= 15 is 0 Å². The molecule has 0 aromatic carbocycles. The van der Waals surface area contributed by atoms with Crippen molar-refractivity contribution in [3.05, 3.63) is 70.2 Å². The zero-order valence-corrected chi connectivity index (χ0v) is 14.7. The largest absolute Gasteiger partial charge is 0.354 e. The molecule has 0 bridgehead atoms. The van der Waals surface area contributed by atoms with Crippen LogP contribution in [-0.2, 0) is 0 Å². The Labute approximate surface area is 148 Å². The smallest absolute Gasteiger partial charge is 0.0825 e. The number of rotatable bonds is 3. The van der Waals surface area contributed by atoms with Crippen molar-refractivity contribution in [1.82, 2.24) is 15.0 Å². The molecule has 0 spiro atoms. The number of hydrogen-bond donors (Lipinski definition) is 2. The van der Waals surface area contributed by atoms with E-state index in [1.165, 1.54) is 5.57 Å². The summed E-state index contributed by atoms with van der Waals surface area (Å²) in [4.78, 5) is 15.7. The molecule has 5 heteroatoms. The number of nitrogens with one attached hydrogen (secondary N) is 2. The summed E-state index contributed by atoms with van der Waals surface area (Å²) in [6.07, 6.45) is 8.01. The number of aliphatic imine (C=N–C) groups is 1. The molecule has 4 nitrogen and oxygen atoms in total. The number of pyridine rings is 1. The minimum Gasteiger partial charge on any atom is -0.354 e. The minimum absolute atomic E-state index is 0.883. The number of nitrogens with zero attached hydrogens (tertiary/aromatic N) is 2. The van der Waals surface area contributed by atoms with Gasteiger partial charge in [0.1, 0.15) is 0 Å². The zero-order chi connectivity index (χ0) is 16.4. The Balaban J connectivity index is 1.66. The number of H-pyrrole nitrogens is 2. The molecule has 0 aliphatic carbocycles. The van der Waals surface area contributed by atoms with Crippen molar-refractivity contribution >= 4 is 27.7 Å². The van der Waals surface area contributed by atoms with Crippen LogP contribution in [0.3, 0.4) is 0 Å². The van der Waals surface area contributed by atoms with Gasteiger partial charge < -0.3 is 9.97 Å². The standard InChI is InChI=1S/C19H17BrN4/c20-18-8-7-17(24-18)16-6-5-15(23-16)11-13-3-2-10-22-19(13)14-4-1-9-21-12-14/h1,4-9,11-12,23-24H,2-3,10H2/b13-11+. The lowest BCUT2D eigenvalue weighted by Crippen LogP contribution is -2.11. The third-order valence-electron chi connectivity index (χ3n) is 4.09. The van der Waals surface area contributed by atoms with Gasteiger partial charge in [0.05, 0.1) is 21.7 Å². The summed E-state index contributed by atoms with van der Waals surface area (Å²) in [5, 5.41) is 0. The number of hydrogen-bond acceptors (Lipinski definition) is 2. The van der Waals surface area contributed by atoms with Crippen LogP contribution in [0.25, 0.3) is 17.5 Å². The molecule has 2 N–H and O–H groups in total. The Morgan fingerprint density at radius 3 is 2.71 bits per heavy atom. The van der Waals surface area contributed by atoms with Crippen molar-refractivity contribution in [2.45, 2.75) is 12.8 Å². The van der Waals surface area contributed by atoms with Gasteiger partial charge in [-0.05, 0) is 76.8 Å². The topological polar surface area (TPSA) is 56.8 Å². The van der Waals surface area contributed by atoms with Crippen LogP contribution in [0, 0.1) is 0 Å². The highest BCUT2D eigenvalue weighted by molar-refractivity contribution is 9.10. The fourth-order valence-electron chi connectivity index (χ4n) is 2.97. The van der Waals surface area contributed by atoms with Crippen molar-refractivity contribution in [1.29, 1.82) is 0 Å². The highest BCUT2D eigenvalue weighted by atomic mass is 79.9. The fourth-order valence-corrected chi connectivity index (χ4v) is 3.31. The minimum atomic E-state index is 0.883. The van der Waals surface area contributed by atoms with Gasteiger partial charge in [-0.1, -0.05) is 0 Å². The summed E-state index contributed by atoms with van der Waals surface area (Å²) in [6.45, 7) is 0.883. The third kappa shape index (κ3) is 3.12. The van der Waals surface area contributed by atoms with Gasteiger partial charge in [-0.2, -0.15) is 0 Å². The van der Waals surface area contributed by atoms with E-state index in [0.717, 1.165) is 52.3 Å². The van der Waals surface area contributed by atoms with Gasteiger partial charge in [0.2, 0.25) is 0 Å². The van der Waals surface area contributed by atoms with Crippen LogP contribution in [0.2, 0.25) is 0 Å². The predicted octanol–water partition coefficient (Wildman–Crippen LogP) is 4.83. The van der Waals surface area contributed by atoms with Gasteiger partial charge in [-0.25, -0.2) is 0 Å². The van der Waals surface area contributed by atoms with E-state index in [1.807, 2.05) is 18.3 Å². The van der Waals surface area contributed by atoms with Crippen molar-refractivity contribution in [3.8, 4) is 11.4 Å². The molecule has 0 fully saturated rings. The zero-order valence-electron chi connectivity index (χ0n) is 13.1. The molecule has 0 radical (unpaired) electrons. The Morgan fingerprint density at radius 1 is 1.04 bits per heavy atom. The average molecular weight is 381 g/mol. The van der Waals surface area contributed by atoms with Gasteiger partial charge in [0.15, 0.2) is 0 Å². The van der Waals surface area contributed by atoms with Crippen molar-refractivity contribution in [2.75, 3.05) is 6.54 Å². The normalized spacial score (nSPS) is 16.4. The number of aromatic amines is 2. The summed E-state index contributed by atoms with van der Waals surface area (Å²) in [5.41, 5.74) is 6.63. The molecule has 3 aromatic rings. The fraction of sp³-hybridized carbons (Fsp3) is 0.158. The first-order chi connectivity index (χ1) is 11.8. The van der Waals surface area contributed by atoms with E-state index in [2.05, 4.69) is 61.2 Å². The maximum Gasteiger partial charge on any atom is 0.0825 e. The van der Waals surface area contributed by atoms with Gasteiger partial charge >= 0.3 is 0 Å². The van der Waals surface area contributed by atoms with E-state index in [0.29, 0.717) is 0 Å². The summed E-state index contributed by atoms with van der Waals surface area (Å²) >= 11 is 3.45. The van der Waals surface area contributed by atoms with Crippen LogP contribution >= 0.6 is 15.9 Å². The molecule has 0 atom stereocenters. The Kier molecular flexibility index (Phi) is 4.17. The summed E-state index contributed by atoms with van der Waals surface area (Å²) in [7, 11) is 0. The highest BCUT2D eigenvalue weighted by Crippen LogP contribution is 2.24. The van der Waals surface area contributed by atoms with Crippen LogP contribution in [-0.4, -0.2) is 27.2 Å². The third-order valence-corrected chi connectivity index (χ3v) is 4.55. The molecule has 4 rings (SSSR count). The van der Waals surface area contributed by atoms with Gasteiger partial charge in [0.25, 0.3) is 0 Å². The first kappa shape index (κ1) is 15.1. The van der Waals surface area contributed by atoms with E-state index < -0.39 is 0 Å².